The third-order valence-corrected chi connectivity index (χ3v) is 4.87. The molecule has 0 bridgehead atoms. The quantitative estimate of drug-likeness (QED) is 0.772. The molecule has 1 aromatic carbocycles. The molecule has 1 aromatic heterocycles. The van der Waals surface area contributed by atoms with Gasteiger partial charge in [0.25, 0.3) is 5.82 Å². The van der Waals surface area contributed by atoms with Gasteiger partial charge in [0.1, 0.15) is 0 Å². The Morgan fingerprint density at radius 1 is 1.04 bits per heavy atom. The van der Waals surface area contributed by atoms with Crippen LogP contribution < -0.4 is 4.90 Å². The van der Waals surface area contributed by atoms with Crippen LogP contribution in [0.1, 0.15) is 56.5 Å². The van der Waals surface area contributed by atoms with Gasteiger partial charge in [0.2, 0.25) is 5.95 Å². The van der Waals surface area contributed by atoms with E-state index in [-0.39, 0.29) is 28.4 Å². The van der Waals surface area contributed by atoms with Crippen LogP contribution in [0.5, 0.6) is 0 Å². The van der Waals surface area contributed by atoms with E-state index in [1.807, 2.05) is 27.7 Å². The van der Waals surface area contributed by atoms with Gasteiger partial charge in [-0.1, -0.05) is 33.8 Å². The van der Waals surface area contributed by atoms with Gasteiger partial charge < -0.3 is 4.90 Å². The maximum atomic E-state index is 13.1. The smallest absolute Gasteiger partial charge is 0.347 e. The Bertz CT molecular complexity index is 908. The second kappa shape index (κ2) is 7.49. The Labute approximate surface area is 158 Å². The highest BCUT2D eigenvalue weighted by Crippen LogP contribution is 2.34. The highest BCUT2D eigenvalue weighted by atomic mass is 32.2. The van der Waals surface area contributed by atoms with Gasteiger partial charge in [-0.3, -0.25) is 0 Å². The van der Waals surface area contributed by atoms with Crippen molar-refractivity contribution in [3.05, 3.63) is 29.1 Å². The average molecular weight is 404 g/mol. The first-order chi connectivity index (χ1) is 12.3. The van der Waals surface area contributed by atoms with Gasteiger partial charge in [-0.15, -0.1) is 5.10 Å². The van der Waals surface area contributed by atoms with Gasteiger partial charge in [-0.2, -0.15) is 22.8 Å². The molecule has 0 fully saturated rings. The number of halogens is 3. The SMILES string of the molecule is CC(C)c1cc(C(C)C)c([SH](=O)=O)cc1-n1nc(C(F)(F)F)nc1N(C)C. The van der Waals surface area contributed by atoms with Crippen molar-refractivity contribution >= 4 is 16.7 Å². The van der Waals surface area contributed by atoms with Crippen molar-refractivity contribution in [3.63, 3.8) is 0 Å². The molecule has 6 nitrogen and oxygen atoms in total. The molecule has 1 heterocycles. The zero-order chi connectivity index (χ0) is 20.7. The molecule has 0 radical (unpaired) electrons. The van der Waals surface area contributed by atoms with Crippen molar-refractivity contribution in [2.75, 3.05) is 19.0 Å². The second-order valence-corrected chi connectivity index (χ2v) is 8.07. The first kappa shape index (κ1) is 21.2. The number of rotatable bonds is 5. The molecule has 0 N–H and O–H groups in total. The minimum atomic E-state index is -4.71. The number of alkyl halides is 3. The number of hydrogen-bond acceptors (Lipinski definition) is 5. The standard InChI is InChI=1S/C17H23F3N4O2S/c1-9(2)11-7-12(10(3)4)14(27(25)26)8-13(11)24-16(23(5)6)21-15(22-24)17(18,19)20/h7-10,27H,1-6H3. The first-order valence-electron chi connectivity index (χ1n) is 8.38. The third-order valence-electron chi connectivity index (χ3n) is 4.09. The zero-order valence-corrected chi connectivity index (χ0v) is 16.9. The molecule has 27 heavy (non-hydrogen) atoms. The first-order valence-corrected chi connectivity index (χ1v) is 9.56. The normalized spacial score (nSPS) is 12.4. The minimum Gasteiger partial charge on any atom is -0.347 e. The fraction of sp³-hybridized carbons (Fsp3) is 0.529. The number of aromatic nitrogens is 3. The molecule has 0 saturated carbocycles. The maximum Gasteiger partial charge on any atom is 0.453 e. The molecule has 0 spiro atoms. The summed E-state index contributed by atoms with van der Waals surface area (Å²) < 4.78 is 64.0. The highest BCUT2D eigenvalue weighted by molar-refractivity contribution is 7.72. The monoisotopic (exact) mass is 404 g/mol. The summed E-state index contributed by atoms with van der Waals surface area (Å²) >= 11 is 0. The Morgan fingerprint density at radius 3 is 2.00 bits per heavy atom. The molecule has 0 aliphatic carbocycles. The lowest BCUT2D eigenvalue weighted by atomic mass is 9.94. The summed E-state index contributed by atoms with van der Waals surface area (Å²) in [5.41, 5.74) is 1.59. The molecular formula is C17H23F3N4O2S. The Kier molecular flexibility index (Phi) is 5.88. The van der Waals surface area contributed by atoms with Crippen LogP contribution in [-0.2, 0) is 16.9 Å². The van der Waals surface area contributed by atoms with Gasteiger partial charge in [0.05, 0.1) is 10.6 Å². The molecular weight excluding hydrogens is 381 g/mol. The van der Waals surface area contributed by atoms with E-state index in [2.05, 4.69) is 10.1 Å². The molecule has 10 heteroatoms. The molecule has 0 aliphatic heterocycles. The topological polar surface area (TPSA) is 68.1 Å². The van der Waals surface area contributed by atoms with Crippen molar-refractivity contribution in [1.82, 2.24) is 14.8 Å². The largest absolute Gasteiger partial charge is 0.453 e. The molecule has 2 rings (SSSR count). The number of anilines is 1. The van der Waals surface area contributed by atoms with Crippen molar-refractivity contribution in [1.29, 1.82) is 0 Å². The van der Waals surface area contributed by atoms with Crippen LogP contribution in [0.25, 0.3) is 5.69 Å². The van der Waals surface area contributed by atoms with Gasteiger partial charge >= 0.3 is 6.18 Å². The highest BCUT2D eigenvalue weighted by Gasteiger charge is 2.38. The lowest BCUT2D eigenvalue weighted by Crippen LogP contribution is -2.17. The van der Waals surface area contributed by atoms with Crippen molar-refractivity contribution in [2.24, 2.45) is 0 Å². The summed E-state index contributed by atoms with van der Waals surface area (Å²) in [4.78, 5) is 5.07. The third kappa shape index (κ3) is 4.26. The Morgan fingerprint density at radius 2 is 1.59 bits per heavy atom. The van der Waals surface area contributed by atoms with E-state index >= 15 is 0 Å². The predicted molar refractivity (Wildman–Crippen MR) is 97.4 cm³/mol. The van der Waals surface area contributed by atoms with Gasteiger partial charge in [-0.05, 0) is 29.0 Å². The minimum absolute atomic E-state index is 0.0337. The van der Waals surface area contributed by atoms with E-state index in [9.17, 15) is 21.6 Å². The summed E-state index contributed by atoms with van der Waals surface area (Å²) in [5, 5.41) is 3.63. The molecule has 0 aliphatic rings. The fourth-order valence-electron chi connectivity index (χ4n) is 2.75. The van der Waals surface area contributed by atoms with Gasteiger partial charge in [-0.25, -0.2) is 8.42 Å². The summed E-state index contributed by atoms with van der Waals surface area (Å²) in [6.07, 6.45) is -4.71. The van der Waals surface area contributed by atoms with E-state index in [4.69, 9.17) is 0 Å². The predicted octanol–water partition coefficient (Wildman–Crippen LogP) is 3.57. The maximum absolute atomic E-state index is 13.1. The lowest BCUT2D eigenvalue weighted by molar-refractivity contribution is -0.144. The fourth-order valence-corrected chi connectivity index (χ4v) is 3.51. The lowest BCUT2D eigenvalue weighted by Gasteiger charge is -2.20. The van der Waals surface area contributed by atoms with Crippen LogP contribution in [0, 0.1) is 0 Å². The van der Waals surface area contributed by atoms with Crippen LogP contribution in [-0.4, -0.2) is 37.3 Å². The summed E-state index contributed by atoms with van der Waals surface area (Å²) in [6, 6.07) is 3.12. The summed E-state index contributed by atoms with van der Waals surface area (Å²) in [5.74, 6) is -1.44. The zero-order valence-electron chi connectivity index (χ0n) is 16.0. The van der Waals surface area contributed by atoms with E-state index in [0.29, 0.717) is 11.1 Å². The molecule has 0 saturated heterocycles. The van der Waals surface area contributed by atoms with Crippen molar-refractivity contribution in [3.8, 4) is 5.69 Å². The number of hydrogen-bond donors (Lipinski definition) is 1. The second-order valence-electron chi connectivity index (χ2n) is 7.08. The van der Waals surface area contributed by atoms with E-state index in [1.165, 1.54) is 11.0 Å². The van der Waals surface area contributed by atoms with Crippen LogP contribution in [0.4, 0.5) is 19.1 Å². The number of nitrogens with zero attached hydrogens (tertiary/aromatic N) is 4. The molecule has 0 atom stereocenters. The van der Waals surface area contributed by atoms with Crippen LogP contribution >= 0.6 is 0 Å². The molecule has 2 aromatic rings. The van der Waals surface area contributed by atoms with Crippen LogP contribution in [0.3, 0.4) is 0 Å². The molecule has 150 valence electrons. The number of benzene rings is 1. The van der Waals surface area contributed by atoms with Crippen molar-refractivity contribution in [2.45, 2.75) is 50.6 Å². The number of thiol groups is 1. The Balaban J connectivity index is 2.89. The van der Waals surface area contributed by atoms with Crippen molar-refractivity contribution < 1.29 is 21.6 Å². The van der Waals surface area contributed by atoms with E-state index in [1.54, 1.807) is 20.2 Å². The molecule has 0 unspecified atom stereocenters. The van der Waals surface area contributed by atoms with Crippen LogP contribution in [0.15, 0.2) is 17.0 Å². The molecule has 0 amide bonds. The van der Waals surface area contributed by atoms with E-state index in [0.717, 1.165) is 4.68 Å². The van der Waals surface area contributed by atoms with Gasteiger partial charge in [0.15, 0.2) is 10.7 Å². The average Bonchev–Trinajstić information content (AvgIpc) is 2.98. The van der Waals surface area contributed by atoms with Crippen LogP contribution in [0.2, 0.25) is 0 Å². The van der Waals surface area contributed by atoms with E-state index < -0.39 is 22.7 Å². The summed E-state index contributed by atoms with van der Waals surface area (Å²) in [6.45, 7) is 7.50. The summed E-state index contributed by atoms with van der Waals surface area (Å²) in [7, 11) is 0.172. The Hall–Kier alpha value is -2.10. The van der Waals surface area contributed by atoms with Gasteiger partial charge in [0, 0.05) is 14.1 Å².